The van der Waals surface area contributed by atoms with Gasteiger partial charge in [-0.3, -0.25) is 4.98 Å². The zero-order chi connectivity index (χ0) is 19.7. The van der Waals surface area contributed by atoms with Crippen LogP contribution in [0.1, 0.15) is 43.4 Å². The van der Waals surface area contributed by atoms with Crippen molar-refractivity contribution >= 4 is 27.6 Å². The van der Waals surface area contributed by atoms with E-state index in [9.17, 15) is 0 Å². The first kappa shape index (κ1) is 18.4. The SMILES string of the molecule is CC(C)C(C)c1ccc(CCc2cnc3c(N)nc4ccccc4c3c2)cc1. The molecule has 2 heterocycles. The summed E-state index contributed by atoms with van der Waals surface area (Å²) in [6, 6.07) is 19.4. The van der Waals surface area contributed by atoms with Crippen molar-refractivity contribution in [3.05, 3.63) is 77.5 Å². The summed E-state index contributed by atoms with van der Waals surface area (Å²) in [5.41, 5.74) is 11.8. The van der Waals surface area contributed by atoms with Gasteiger partial charge in [0, 0.05) is 17.0 Å². The smallest absolute Gasteiger partial charge is 0.150 e. The molecule has 0 bridgehead atoms. The standard InChI is InChI=1S/C25H27N3/c1-16(2)17(3)20-12-10-18(11-13-20)8-9-19-14-22-21-6-4-5-7-23(21)28-25(26)24(22)27-15-19/h4-7,10-17H,8-9H2,1-3H3,(H2,26,28). The Kier molecular flexibility index (Phi) is 4.99. The molecule has 0 spiro atoms. The number of nitrogen functional groups attached to an aromatic ring is 1. The second kappa shape index (κ2) is 7.59. The number of rotatable bonds is 5. The Balaban J connectivity index is 1.58. The number of aryl methyl sites for hydroxylation is 2. The zero-order valence-electron chi connectivity index (χ0n) is 16.8. The molecule has 3 nitrogen and oxygen atoms in total. The molecule has 0 aliphatic carbocycles. The van der Waals surface area contributed by atoms with Crippen LogP contribution >= 0.6 is 0 Å². The van der Waals surface area contributed by atoms with Crippen molar-refractivity contribution in [2.75, 3.05) is 5.73 Å². The third-order valence-corrected chi connectivity index (χ3v) is 5.83. The summed E-state index contributed by atoms with van der Waals surface area (Å²) in [5.74, 6) is 1.74. The van der Waals surface area contributed by atoms with E-state index in [0.717, 1.165) is 34.6 Å². The van der Waals surface area contributed by atoms with Gasteiger partial charge in [0.1, 0.15) is 5.52 Å². The van der Waals surface area contributed by atoms with Crippen LogP contribution in [0, 0.1) is 5.92 Å². The van der Waals surface area contributed by atoms with E-state index < -0.39 is 0 Å². The number of fused-ring (bicyclic) bond motifs is 3. The molecule has 0 fully saturated rings. The maximum atomic E-state index is 6.12. The number of pyridine rings is 2. The average molecular weight is 370 g/mol. The van der Waals surface area contributed by atoms with E-state index in [1.165, 1.54) is 16.7 Å². The largest absolute Gasteiger partial charge is 0.382 e. The first-order valence-corrected chi connectivity index (χ1v) is 10.0. The Morgan fingerprint density at radius 1 is 0.857 bits per heavy atom. The summed E-state index contributed by atoms with van der Waals surface area (Å²) in [5, 5.41) is 2.19. The summed E-state index contributed by atoms with van der Waals surface area (Å²) < 4.78 is 0. The fraction of sp³-hybridized carbons (Fsp3) is 0.280. The van der Waals surface area contributed by atoms with Gasteiger partial charge < -0.3 is 5.73 Å². The molecule has 0 aliphatic heterocycles. The predicted molar refractivity (Wildman–Crippen MR) is 119 cm³/mol. The fourth-order valence-corrected chi connectivity index (χ4v) is 3.70. The van der Waals surface area contributed by atoms with Crippen LogP contribution in [0.15, 0.2) is 60.8 Å². The van der Waals surface area contributed by atoms with Gasteiger partial charge in [-0.2, -0.15) is 0 Å². The van der Waals surface area contributed by atoms with Crippen LogP contribution in [-0.4, -0.2) is 9.97 Å². The summed E-state index contributed by atoms with van der Waals surface area (Å²) in [6.45, 7) is 6.85. The normalized spacial score (nSPS) is 12.7. The molecule has 1 atom stereocenters. The summed E-state index contributed by atoms with van der Waals surface area (Å²) >= 11 is 0. The highest BCUT2D eigenvalue weighted by molar-refractivity contribution is 6.08. The van der Waals surface area contributed by atoms with Gasteiger partial charge in [0.2, 0.25) is 0 Å². The Morgan fingerprint density at radius 3 is 2.32 bits per heavy atom. The third-order valence-electron chi connectivity index (χ3n) is 5.83. The minimum absolute atomic E-state index is 0.495. The molecule has 0 saturated heterocycles. The third kappa shape index (κ3) is 3.57. The fourth-order valence-electron chi connectivity index (χ4n) is 3.70. The van der Waals surface area contributed by atoms with E-state index in [-0.39, 0.29) is 0 Å². The van der Waals surface area contributed by atoms with Crippen LogP contribution in [0.2, 0.25) is 0 Å². The highest BCUT2D eigenvalue weighted by Crippen LogP contribution is 2.27. The van der Waals surface area contributed by atoms with E-state index in [2.05, 4.69) is 67.1 Å². The minimum Gasteiger partial charge on any atom is -0.382 e. The lowest BCUT2D eigenvalue weighted by molar-refractivity contribution is 0.535. The summed E-state index contributed by atoms with van der Waals surface area (Å²) in [6.07, 6.45) is 3.89. The minimum atomic E-state index is 0.495. The molecule has 0 aliphatic rings. The Labute approximate surface area is 166 Å². The Hall–Kier alpha value is -2.94. The number of nitrogens with two attached hydrogens (primary N) is 1. The number of benzene rings is 2. The molecule has 3 heteroatoms. The number of anilines is 1. The van der Waals surface area contributed by atoms with Gasteiger partial charge in [-0.15, -0.1) is 0 Å². The maximum absolute atomic E-state index is 6.12. The van der Waals surface area contributed by atoms with Gasteiger partial charge >= 0.3 is 0 Å². The topological polar surface area (TPSA) is 51.8 Å². The number of hydrogen-bond acceptors (Lipinski definition) is 3. The van der Waals surface area contributed by atoms with Crippen molar-refractivity contribution < 1.29 is 0 Å². The summed E-state index contributed by atoms with van der Waals surface area (Å²) in [7, 11) is 0. The Bertz CT molecular complexity index is 1110. The average Bonchev–Trinajstić information content (AvgIpc) is 2.72. The molecular weight excluding hydrogens is 342 g/mol. The van der Waals surface area contributed by atoms with E-state index in [4.69, 9.17) is 5.73 Å². The molecule has 2 N–H and O–H groups in total. The molecule has 4 rings (SSSR count). The van der Waals surface area contributed by atoms with Crippen LogP contribution < -0.4 is 5.73 Å². The molecule has 28 heavy (non-hydrogen) atoms. The monoisotopic (exact) mass is 369 g/mol. The van der Waals surface area contributed by atoms with E-state index in [0.29, 0.717) is 17.7 Å². The molecule has 0 saturated carbocycles. The Morgan fingerprint density at radius 2 is 1.57 bits per heavy atom. The predicted octanol–water partition coefficient (Wildman–Crippen LogP) is 5.91. The molecule has 142 valence electrons. The number of hydrogen-bond donors (Lipinski definition) is 1. The highest BCUT2D eigenvalue weighted by Gasteiger charge is 2.10. The van der Waals surface area contributed by atoms with Crippen LogP contribution in [0.5, 0.6) is 0 Å². The number of aromatic nitrogens is 2. The highest BCUT2D eigenvalue weighted by atomic mass is 14.9. The quantitative estimate of drug-likeness (QED) is 0.445. The first-order chi connectivity index (χ1) is 13.5. The van der Waals surface area contributed by atoms with Crippen LogP contribution in [0.25, 0.3) is 21.8 Å². The molecule has 2 aromatic heterocycles. The first-order valence-electron chi connectivity index (χ1n) is 10.0. The van der Waals surface area contributed by atoms with Crippen LogP contribution in [0.3, 0.4) is 0 Å². The van der Waals surface area contributed by atoms with Crippen molar-refractivity contribution in [1.82, 2.24) is 9.97 Å². The van der Waals surface area contributed by atoms with Crippen molar-refractivity contribution in [2.24, 2.45) is 5.92 Å². The molecule has 4 aromatic rings. The van der Waals surface area contributed by atoms with Gasteiger partial charge in [-0.05, 0) is 53.5 Å². The van der Waals surface area contributed by atoms with E-state index in [1.807, 2.05) is 24.4 Å². The number of para-hydroxylation sites is 1. The summed E-state index contributed by atoms with van der Waals surface area (Å²) in [4.78, 5) is 9.09. The maximum Gasteiger partial charge on any atom is 0.150 e. The lowest BCUT2D eigenvalue weighted by Crippen LogP contribution is -2.02. The van der Waals surface area contributed by atoms with Gasteiger partial charge in [0.15, 0.2) is 5.82 Å². The van der Waals surface area contributed by atoms with Crippen LogP contribution in [-0.2, 0) is 12.8 Å². The van der Waals surface area contributed by atoms with E-state index in [1.54, 1.807) is 0 Å². The zero-order valence-corrected chi connectivity index (χ0v) is 16.8. The van der Waals surface area contributed by atoms with Gasteiger partial charge in [0.25, 0.3) is 0 Å². The second-order valence-electron chi connectivity index (χ2n) is 8.03. The second-order valence-corrected chi connectivity index (χ2v) is 8.03. The lowest BCUT2D eigenvalue weighted by Gasteiger charge is -2.16. The van der Waals surface area contributed by atoms with Crippen LogP contribution in [0.4, 0.5) is 5.82 Å². The molecule has 0 amide bonds. The van der Waals surface area contributed by atoms with Gasteiger partial charge in [0.05, 0.1) is 5.52 Å². The molecular formula is C25H27N3. The van der Waals surface area contributed by atoms with E-state index >= 15 is 0 Å². The van der Waals surface area contributed by atoms with Crippen molar-refractivity contribution in [3.63, 3.8) is 0 Å². The van der Waals surface area contributed by atoms with Gasteiger partial charge in [-0.1, -0.05) is 63.2 Å². The molecule has 0 radical (unpaired) electrons. The molecule has 1 unspecified atom stereocenters. The van der Waals surface area contributed by atoms with Crippen molar-refractivity contribution in [2.45, 2.75) is 39.5 Å². The molecule has 2 aromatic carbocycles. The van der Waals surface area contributed by atoms with Gasteiger partial charge in [-0.25, -0.2) is 4.98 Å². The number of nitrogens with zero attached hydrogens (tertiary/aromatic N) is 2. The van der Waals surface area contributed by atoms with Crippen molar-refractivity contribution in [1.29, 1.82) is 0 Å². The lowest BCUT2D eigenvalue weighted by atomic mass is 9.89. The van der Waals surface area contributed by atoms with Crippen molar-refractivity contribution in [3.8, 4) is 0 Å².